The van der Waals surface area contributed by atoms with Crippen molar-refractivity contribution < 1.29 is 9.84 Å². The largest absolute Gasteiger partial charge is 0.394 e. The molecule has 0 aromatic carbocycles. The summed E-state index contributed by atoms with van der Waals surface area (Å²) in [4.78, 5) is 0. The minimum Gasteiger partial charge on any atom is -0.394 e. The molecule has 0 aliphatic carbocycles. The first-order valence-corrected chi connectivity index (χ1v) is 3.57. The van der Waals surface area contributed by atoms with Gasteiger partial charge in [0, 0.05) is 0 Å². The van der Waals surface area contributed by atoms with Gasteiger partial charge < -0.3 is 9.84 Å². The van der Waals surface area contributed by atoms with Gasteiger partial charge in [-0.2, -0.15) is 0 Å². The molecule has 1 rings (SSSR count). The van der Waals surface area contributed by atoms with Gasteiger partial charge in [0.15, 0.2) is 0 Å². The number of epoxide rings is 1. The van der Waals surface area contributed by atoms with Gasteiger partial charge in [-0.1, -0.05) is 13.8 Å². The van der Waals surface area contributed by atoms with Gasteiger partial charge in [-0.3, -0.25) is 0 Å². The van der Waals surface area contributed by atoms with E-state index >= 15 is 0 Å². The van der Waals surface area contributed by atoms with Crippen LogP contribution in [0.1, 0.15) is 26.7 Å². The Balaban J connectivity index is 2.37. The summed E-state index contributed by atoms with van der Waals surface area (Å²) in [5.74, 6) is 0. The summed E-state index contributed by atoms with van der Waals surface area (Å²) in [5.41, 5.74) is 0.0503. The zero-order valence-corrected chi connectivity index (χ0v) is 6.05. The highest BCUT2D eigenvalue weighted by Gasteiger charge is 2.52. The lowest BCUT2D eigenvalue weighted by molar-refractivity contribution is 0.232. The van der Waals surface area contributed by atoms with Crippen LogP contribution in [-0.2, 0) is 4.74 Å². The molecule has 0 aromatic rings. The smallest absolute Gasteiger partial charge is 0.110 e. The van der Waals surface area contributed by atoms with E-state index in [9.17, 15) is 0 Å². The molecule has 0 radical (unpaired) electrons. The summed E-state index contributed by atoms with van der Waals surface area (Å²) in [5, 5.41) is 8.68. The summed E-state index contributed by atoms with van der Waals surface area (Å²) < 4.78 is 5.30. The van der Waals surface area contributed by atoms with Crippen molar-refractivity contribution in [1.29, 1.82) is 0 Å². The Bertz CT molecular complexity index is 97.1. The van der Waals surface area contributed by atoms with Crippen molar-refractivity contribution in [2.75, 3.05) is 6.61 Å². The van der Waals surface area contributed by atoms with Crippen molar-refractivity contribution >= 4 is 0 Å². The van der Waals surface area contributed by atoms with Crippen molar-refractivity contribution in [3.05, 3.63) is 0 Å². The van der Waals surface area contributed by atoms with Crippen LogP contribution < -0.4 is 0 Å². The van der Waals surface area contributed by atoms with Gasteiger partial charge in [0.2, 0.25) is 0 Å². The molecule has 1 atom stereocenters. The van der Waals surface area contributed by atoms with Crippen LogP contribution in [0.4, 0.5) is 0 Å². The first-order chi connectivity index (χ1) is 4.29. The maximum absolute atomic E-state index is 8.68. The molecule has 1 fully saturated rings. The molecule has 1 aliphatic rings. The highest BCUT2D eigenvalue weighted by Crippen LogP contribution is 2.41. The molecular formula is C7H14O2. The SMILES string of the molecule is CCC1(CC)OC1CO. The molecule has 0 saturated carbocycles. The Morgan fingerprint density at radius 1 is 1.44 bits per heavy atom. The maximum atomic E-state index is 8.68. The number of aliphatic hydroxyl groups excluding tert-OH is 1. The van der Waals surface area contributed by atoms with Crippen LogP contribution in [0.2, 0.25) is 0 Å². The van der Waals surface area contributed by atoms with E-state index in [-0.39, 0.29) is 18.3 Å². The fourth-order valence-corrected chi connectivity index (χ4v) is 1.32. The van der Waals surface area contributed by atoms with Crippen LogP contribution in [0.15, 0.2) is 0 Å². The average Bonchev–Trinajstić information content (AvgIpc) is 2.63. The van der Waals surface area contributed by atoms with E-state index in [1.54, 1.807) is 0 Å². The summed E-state index contributed by atoms with van der Waals surface area (Å²) >= 11 is 0. The Morgan fingerprint density at radius 3 is 2.11 bits per heavy atom. The third-order valence-electron chi connectivity index (χ3n) is 2.27. The molecule has 0 bridgehead atoms. The molecule has 1 saturated heterocycles. The van der Waals surface area contributed by atoms with Gasteiger partial charge in [0.1, 0.15) is 6.10 Å². The van der Waals surface area contributed by atoms with E-state index in [4.69, 9.17) is 9.84 Å². The first kappa shape index (κ1) is 7.03. The molecule has 0 spiro atoms. The van der Waals surface area contributed by atoms with Gasteiger partial charge in [-0.05, 0) is 12.8 Å². The van der Waals surface area contributed by atoms with Crippen LogP contribution >= 0.6 is 0 Å². The Labute approximate surface area is 55.8 Å². The van der Waals surface area contributed by atoms with Gasteiger partial charge >= 0.3 is 0 Å². The van der Waals surface area contributed by atoms with Crippen LogP contribution in [0, 0.1) is 0 Å². The molecule has 1 N–H and O–H groups in total. The van der Waals surface area contributed by atoms with Gasteiger partial charge in [-0.25, -0.2) is 0 Å². The molecule has 0 amide bonds. The zero-order valence-electron chi connectivity index (χ0n) is 6.05. The van der Waals surface area contributed by atoms with Crippen molar-refractivity contribution in [1.82, 2.24) is 0 Å². The molecule has 1 heterocycles. The topological polar surface area (TPSA) is 32.8 Å². The number of aliphatic hydroxyl groups is 1. The van der Waals surface area contributed by atoms with E-state index in [0.717, 1.165) is 12.8 Å². The molecule has 1 unspecified atom stereocenters. The summed E-state index contributed by atoms with van der Waals surface area (Å²) in [7, 11) is 0. The maximum Gasteiger partial charge on any atom is 0.110 e. The monoisotopic (exact) mass is 130 g/mol. The van der Waals surface area contributed by atoms with Crippen molar-refractivity contribution in [3.63, 3.8) is 0 Å². The highest BCUT2D eigenvalue weighted by molar-refractivity contribution is 5.00. The van der Waals surface area contributed by atoms with E-state index in [0.29, 0.717) is 0 Å². The quantitative estimate of drug-likeness (QED) is 0.576. The minimum absolute atomic E-state index is 0.0503. The molecule has 2 nitrogen and oxygen atoms in total. The molecule has 9 heavy (non-hydrogen) atoms. The predicted molar refractivity (Wildman–Crippen MR) is 35.3 cm³/mol. The van der Waals surface area contributed by atoms with Gasteiger partial charge in [0.25, 0.3) is 0 Å². The van der Waals surface area contributed by atoms with Crippen molar-refractivity contribution in [3.8, 4) is 0 Å². The molecule has 0 aromatic heterocycles. The van der Waals surface area contributed by atoms with E-state index < -0.39 is 0 Å². The van der Waals surface area contributed by atoms with Gasteiger partial charge in [0.05, 0.1) is 12.2 Å². The summed E-state index contributed by atoms with van der Waals surface area (Å²) in [6.07, 6.45) is 2.18. The predicted octanol–water partition coefficient (Wildman–Crippen LogP) is 0.936. The van der Waals surface area contributed by atoms with Crippen LogP contribution in [0.3, 0.4) is 0 Å². The third-order valence-corrected chi connectivity index (χ3v) is 2.27. The Kier molecular flexibility index (Phi) is 1.78. The van der Waals surface area contributed by atoms with E-state index in [1.807, 2.05) is 0 Å². The van der Waals surface area contributed by atoms with Crippen LogP contribution in [0.5, 0.6) is 0 Å². The van der Waals surface area contributed by atoms with E-state index in [2.05, 4.69) is 13.8 Å². The summed E-state index contributed by atoms with van der Waals surface area (Å²) in [6, 6.07) is 0. The summed E-state index contributed by atoms with van der Waals surface area (Å²) in [6.45, 7) is 4.38. The second-order valence-electron chi connectivity index (χ2n) is 2.56. The molecular weight excluding hydrogens is 116 g/mol. The van der Waals surface area contributed by atoms with E-state index in [1.165, 1.54) is 0 Å². The standard InChI is InChI=1S/C7H14O2/c1-3-7(4-2)6(5-8)9-7/h6,8H,3-5H2,1-2H3. The Morgan fingerprint density at radius 2 is 2.00 bits per heavy atom. The minimum atomic E-state index is 0.0503. The normalized spacial score (nSPS) is 30.3. The third kappa shape index (κ3) is 0.970. The second-order valence-corrected chi connectivity index (χ2v) is 2.56. The fraction of sp³-hybridized carbons (Fsp3) is 1.00. The lowest BCUT2D eigenvalue weighted by Gasteiger charge is -2.03. The lowest BCUT2D eigenvalue weighted by Crippen LogP contribution is -2.14. The Hall–Kier alpha value is -0.0800. The lowest BCUT2D eigenvalue weighted by atomic mass is 10.00. The van der Waals surface area contributed by atoms with Crippen molar-refractivity contribution in [2.45, 2.75) is 38.4 Å². The first-order valence-electron chi connectivity index (χ1n) is 3.57. The molecule has 2 heteroatoms. The molecule has 54 valence electrons. The number of ether oxygens (including phenoxy) is 1. The average molecular weight is 130 g/mol. The van der Waals surface area contributed by atoms with Crippen molar-refractivity contribution in [2.24, 2.45) is 0 Å². The van der Waals surface area contributed by atoms with Gasteiger partial charge in [-0.15, -0.1) is 0 Å². The van der Waals surface area contributed by atoms with Crippen LogP contribution in [0.25, 0.3) is 0 Å². The second kappa shape index (κ2) is 2.27. The number of hydrogen-bond donors (Lipinski definition) is 1. The molecule has 1 aliphatic heterocycles. The zero-order chi connectivity index (χ0) is 6.91. The fourth-order valence-electron chi connectivity index (χ4n) is 1.32. The number of hydrogen-bond acceptors (Lipinski definition) is 2. The van der Waals surface area contributed by atoms with Crippen LogP contribution in [-0.4, -0.2) is 23.4 Å². The highest BCUT2D eigenvalue weighted by atomic mass is 16.6. The number of rotatable bonds is 3.